The van der Waals surface area contributed by atoms with E-state index in [-0.39, 0.29) is 17.1 Å². The second-order valence-electron chi connectivity index (χ2n) is 5.40. The molecule has 2 amide bonds. The number of carbonyl (C=O) groups is 2. The number of amides is 2. The normalized spacial score (nSPS) is 16.5. The number of rotatable bonds is 2. The number of anilines is 2. The van der Waals surface area contributed by atoms with Gasteiger partial charge in [-0.05, 0) is 49.7 Å². The van der Waals surface area contributed by atoms with Crippen LogP contribution in [0.2, 0.25) is 5.02 Å². The fraction of sp³-hybridized carbons (Fsp3) is 0.176. The Hall–Kier alpha value is -1.98. The third-order valence-electron chi connectivity index (χ3n) is 3.55. The molecular weight excluding hydrogens is 332 g/mol. The van der Waals surface area contributed by atoms with Crippen molar-refractivity contribution in [2.75, 3.05) is 10.6 Å². The fourth-order valence-corrected chi connectivity index (χ4v) is 3.48. The summed E-state index contributed by atoms with van der Waals surface area (Å²) in [5.41, 5.74) is 2.72. The number of hydrogen-bond acceptors (Lipinski definition) is 3. The Kier molecular flexibility index (Phi) is 4.33. The lowest BCUT2D eigenvalue weighted by atomic mass is 10.1. The van der Waals surface area contributed by atoms with Gasteiger partial charge in [0.1, 0.15) is 0 Å². The average molecular weight is 347 g/mol. The van der Waals surface area contributed by atoms with E-state index in [0.29, 0.717) is 22.0 Å². The first-order valence-corrected chi connectivity index (χ1v) is 8.39. The quantitative estimate of drug-likeness (QED) is 0.850. The molecular formula is C17H15ClN2O2S. The van der Waals surface area contributed by atoms with Crippen LogP contribution in [0.5, 0.6) is 0 Å². The Morgan fingerprint density at radius 1 is 1.26 bits per heavy atom. The van der Waals surface area contributed by atoms with Crippen molar-refractivity contribution in [3.63, 3.8) is 0 Å². The molecule has 1 aliphatic heterocycles. The molecule has 2 aromatic rings. The molecule has 0 spiro atoms. The molecule has 0 saturated heterocycles. The van der Waals surface area contributed by atoms with Gasteiger partial charge in [-0.15, -0.1) is 11.8 Å². The lowest BCUT2D eigenvalue weighted by Gasteiger charge is -2.21. The van der Waals surface area contributed by atoms with Gasteiger partial charge in [0.25, 0.3) is 5.91 Å². The van der Waals surface area contributed by atoms with E-state index in [4.69, 9.17) is 11.6 Å². The molecule has 0 fully saturated rings. The number of nitrogens with one attached hydrogen (secondary N) is 2. The van der Waals surface area contributed by atoms with Gasteiger partial charge in [0.2, 0.25) is 5.91 Å². The van der Waals surface area contributed by atoms with Crippen molar-refractivity contribution in [3.05, 3.63) is 52.5 Å². The SMILES string of the molecule is Cc1ccc(NC(=O)c2ccc3c(c2)NC(=O)[C@@H](C)S3)c(Cl)c1. The average Bonchev–Trinajstić information content (AvgIpc) is 2.50. The summed E-state index contributed by atoms with van der Waals surface area (Å²) >= 11 is 7.62. The maximum absolute atomic E-state index is 12.4. The van der Waals surface area contributed by atoms with Crippen LogP contribution in [0.3, 0.4) is 0 Å². The van der Waals surface area contributed by atoms with Crippen LogP contribution in [0, 0.1) is 6.92 Å². The summed E-state index contributed by atoms with van der Waals surface area (Å²) in [6, 6.07) is 10.7. The number of benzene rings is 2. The third kappa shape index (κ3) is 3.35. The molecule has 0 bridgehead atoms. The van der Waals surface area contributed by atoms with Gasteiger partial charge in [-0.1, -0.05) is 17.7 Å². The molecule has 23 heavy (non-hydrogen) atoms. The molecule has 0 saturated carbocycles. The largest absolute Gasteiger partial charge is 0.324 e. The van der Waals surface area contributed by atoms with Gasteiger partial charge in [-0.3, -0.25) is 9.59 Å². The Balaban J connectivity index is 1.83. The molecule has 0 radical (unpaired) electrons. The molecule has 0 aromatic heterocycles. The second kappa shape index (κ2) is 6.26. The van der Waals surface area contributed by atoms with Crippen molar-refractivity contribution in [3.8, 4) is 0 Å². The van der Waals surface area contributed by atoms with Crippen molar-refractivity contribution in [2.24, 2.45) is 0 Å². The lowest BCUT2D eigenvalue weighted by Crippen LogP contribution is -2.26. The molecule has 1 aliphatic rings. The van der Waals surface area contributed by atoms with Crippen LogP contribution in [-0.4, -0.2) is 17.1 Å². The third-order valence-corrected chi connectivity index (χ3v) is 5.04. The zero-order valence-corrected chi connectivity index (χ0v) is 14.2. The van der Waals surface area contributed by atoms with Gasteiger partial charge in [0, 0.05) is 10.5 Å². The van der Waals surface area contributed by atoms with Crippen LogP contribution in [0.1, 0.15) is 22.8 Å². The van der Waals surface area contributed by atoms with Gasteiger partial charge in [0.05, 0.1) is 21.6 Å². The highest BCUT2D eigenvalue weighted by Gasteiger charge is 2.23. The van der Waals surface area contributed by atoms with Crippen LogP contribution in [-0.2, 0) is 4.79 Å². The topological polar surface area (TPSA) is 58.2 Å². The smallest absolute Gasteiger partial charge is 0.255 e. The van der Waals surface area contributed by atoms with Gasteiger partial charge in [0.15, 0.2) is 0 Å². The van der Waals surface area contributed by atoms with Crippen LogP contribution >= 0.6 is 23.4 Å². The van der Waals surface area contributed by atoms with E-state index in [0.717, 1.165) is 10.5 Å². The molecule has 6 heteroatoms. The number of aryl methyl sites for hydroxylation is 1. The predicted octanol–water partition coefficient (Wildman–Crippen LogP) is 4.33. The summed E-state index contributed by atoms with van der Waals surface area (Å²) in [6.45, 7) is 3.78. The van der Waals surface area contributed by atoms with E-state index in [1.807, 2.05) is 26.0 Å². The maximum atomic E-state index is 12.4. The lowest BCUT2D eigenvalue weighted by molar-refractivity contribution is -0.115. The Bertz CT molecular complexity index is 807. The minimum atomic E-state index is -0.267. The number of halogens is 1. The summed E-state index contributed by atoms with van der Waals surface area (Å²) < 4.78 is 0. The highest BCUT2D eigenvalue weighted by molar-refractivity contribution is 8.00. The first-order chi connectivity index (χ1) is 10.9. The molecule has 1 atom stereocenters. The monoisotopic (exact) mass is 346 g/mol. The van der Waals surface area contributed by atoms with Crippen LogP contribution < -0.4 is 10.6 Å². The minimum Gasteiger partial charge on any atom is -0.324 e. The second-order valence-corrected chi connectivity index (χ2v) is 7.19. The van der Waals surface area contributed by atoms with Gasteiger partial charge in [-0.2, -0.15) is 0 Å². The van der Waals surface area contributed by atoms with Crippen molar-refractivity contribution in [2.45, 2.75) is 24.0 Å². The Morgan fingerprint density at radius 2 is 2.04 bits per heavy atom. The number of thioether (sulfide) groups is 1. The highest BCUT2D eigenvalue weighted by Crippen LogP contribution is 2.36. The first-order valence-electron chi connectivity index (χ1n) is 7.13. The Morgan fingerprint density at radius 3 is 2.78 bits per heavy atom. The van der Waals surface area contributed by atoms with E-state index in [1.165, 1.54) is 11.8 Å². The summed E-state index contributed by atoms with van der Waals surface area (Å²) in [5, 5.41) is 5.98. The van der Waals surface area contributed by atoms with Crippen LogP contribution in [0.25, 0.3) is 0 Å². The first kappa shape index (κ1) is 15.9. The summed E-state index contributed by atoms with van der Waals surface area (Å²) in [5.74, 6) is -0.321. The highest BCUT2D eigenvalue weighted by atomic mass is 35.5. The van der Waals surface area contributed by atoms with Crippen molar-refractivity contribution in [1.29, 1.82) is 0 Å². The molecule has 3 rings (SSSR count). The van der Waals surface area contributed by atoms with Crippen LogP contribution in [0.15, 0.2) is 41.3 Å². The molecule has 118 valence electrons. The van der Waals surface area contributed by atoms with Gasteiger partial charge in [-0.25, -0.2) is 0 Å². The molecule has 2 aromatic carbocycles. The van der Waals surface area contributed by atoms with E-state index >= 15 is 0 Å². The van der Waals surface area contributed by atoms with E-state index in [2.05, 4.69) is 10.6 Å². The van der Waals surface area contributed by atoms with Gasteiger partial charge < -0.3 is 10.6 Å². The van der Waals surface area contributed by atoms with Crippen molar-refractivity contribution >= 4 is 46.6 Å². The van der Waals surface area contributed by atoms with E-state index in [1.54, 1.807) is 24.3 Å². The summed E-state index contributed by atoms with van der Waals surface area (Å²) in [7, 11) is 0. The van der Waals surface area contributed by atoms with Crippen molar-refractivity contribution in [1.82, 2.24) is 0 Å². The molecule has 0 unspecified atom stereocenters. The zero-order chi connectivity index (χ0) is 16.6. The van der Waals surface area contributed by atoms with E-state index < -0.39 is 0 Å². The predicted molar refractivity (Wildman–Crippen MR) is 94.5 cm³/mol. The number of carbonyl (C=O) groups excluding carboxylic acids is 2. The Labute approximate surface area is 143 Å². The molecule has 1 heterocycles. The molecule has 4 nitrogen and oxygen atoms in total. The summed E-state index contributed by atoms with van der Waals surface area (Å²) in [4.78, 5) is 25.1. The van der Waals surface area contributed by atoms with Crippen molar-refractivity contribution < 1.29 is 9.59 Å². The minimum absolute atomic E-state index is 0.0540. The number of fused-ring (bicyclic) bond motifs is 1. The molecule has 2 N–H and O–H groups in total. The zero-order valence-electron chi connectivity index (χ0n) is 12.6. The van der Waals surface area contributed by atoms with E-state index in [9.17, 15) is 9.59 Å². The molecule has 0 aliphatic carbocycles. The number of hydrogen-bond donors (Lipinski definition) is 2. The fourth-order valence-electron chi connectivity index (χ4n) is 2.27. The van der Waals surface area contributed by atoms with Crippen LogP contribution in [0.4, 0.5) is 11.4 Å². The maximum Gasteiger partial charge on any atom is 0.255 e. The standard InChI is InChI=1S/C17H15ClN2O2S/c1-9-3-5-13(12(18)7-9)19-17(22)11-4-6-15-14(8-11)20-16(21)10(2)23-15/h3-8,10H,1-2H3,(H,19,22)(H,20,21)/t10-/m1/s1. The summed E-state index contributed by atoms with van der Waals surface area (Å²) in [6.07, 6.45) is 0. The van der Waals surface area contributed by atoms with Gasteiger partial charge >= 0.3 is 0 Å².